The molecule has 2 aromatic rings. The van der Waals surface area contributed by atoms with Crippen LogP contribution in [-0.4, -0.2) is 20.9 Å². The number of nitrogens with zero attached hydrogens (tertiary/aromatic N) is 2. The van der Waals surface area contributed by atoms with E-state index in [0.717, 1.165) is 16.7 Å². The highest BCUT2D eigenvalue weighted by Gasteiger charge is 2.31. The van der Waals surface area contributed by atoms with Crippen LogP contribution in [0.15, 0.2) is 24.4 Å². The predicted molar refractivity (Wildman–Crippen MR) is 81.5 cm³/mol. The van der Waals surface area contributed by atoms with Crippen LogP contribution >= 0.6 is 0 Å². The molecule has 4 heteroatoms. The summed E-state index contributed by atoms with van der Waals surface area (Å²) in [5, 5.41) is 14.0. The van der Waals surface area contributed by atoms with Gasteiger partial charge < -0.3 is 5.11 Å². The molecule has 0 saturated heterocycles. The van der Waals surface area contributed by atoms with Gasteiger partial charge in [-0.2, -0.15) is 5.10 Å². The van der Waals surface area contributed by atoms with Gasteiger partial charge in [0, 0.05) is 11.8 Å². The number of hydrogen-bond acceptors (Lipinski definition) is 2. The van der Waals surface area contributed by atoms with Crippen LogP contribution in [0.2, 0.25) is 0 Å². The molecule has 1 aliphatic carbocycles. The third-order valence-electron chi connectivity index (χ3n) is 4.18. The van der Waals surface area contributed by atoms with Gasteiger partial charge in [-0.1, -0.05) is 17.2 Å². The number of carboxylic acid groups (broad SMARTS) is 1. The van der Waals surface area contributed by atoms with Crippen molar-refractivity contribution in [2.24, 2.45) is 5.92 Å². The molecular weight excluding hydrogens is 264 g/mol. The van der Waals surface area contributed by atoms with Crippen LogP contribution in [0.1, 0.15) is 47.3 Å². The van der Waals surface area contributed by atoms with Gasteiger partial charge in [-0.15, -0.1) is 0 Å². The first-order chi connectivity index (χ1) is 9.95. The highest BCUT2D eigenvalue weighted by Crippen LogP contribution is 2.39. The molecule has 1 aromatic heterocycles. The van der Waals surface area contributed by atoms with Crippen molar-refractivity contribution in [1.82, 2.24) is 9.78 Å². The minimum atomic E-state index is -0.918. The standard InChI is InChI=1S/C17H20N2O2/c1-10-6-11(2)8-14(7-10)16-15(17(20)21)9-19(18-16)12(3)13-4-5-13/h6-9,12-13H,4-5H2,1-3H3,(H,20,21). The molecule has 110 valence electrons. The number of benzene rings is 1. The molecular formula is C17H20N2O2. The van der Waals surface area contributed by atoms with Crippen LogP contribution in [0, 0.1) is 19.8 Å². The summed E-state index contributed by atoms with van der Waals surface area (Å²) in [5.74, 6) is -0.281. The van der Waals surface area contributed by atoms with Crippen molar-refractivity contribution in [3.63, 3.8) is 0 Å². The largest absolute Gasteiger partial charge is 0.478 e. The van der Waals surface area contributed by atoms with Crippen molar-refractivity contribution in [1.29, 1.82) is 0 Å². The normalized spacial score (nSPS) is 16.0. The van der Waals surface area contributed by atoms with Crippen molar-refractivity contribution >= 4 is 5.97 Å². The maximum Gasteiger partial charge on any atom is 0.339 e. The molecule has 1 unspecified atom stereocenters. The van der Waals surface area contributed by atoms with Crippen LogP contribution in [0.25, 0.3) is 11.3 Å². The Bertz CT molecular complexity index is 679. The maximum atomic E-state index is 11.5. The Hall–Kier alpha value is -2.10. The van der Waals surface area contributed by atoms with Crippen LogP contribution < -0.4 is 0 Å². The minimum Gasteiger partial charge on any atom is -0.478 e. The number of aromatic nitrogens is 2. The molecule has 1 aliphatic rings. The molecule has 0 radical (unpaired) electrons. The lowest BCUT2D eigenvalue weighted by atomic mass is 10.0. The quantitative estimate of drug-likeness (QED) is 0.928. The molecule has 1 heterocycles. The Morgan fingerprint density at radius 1 is 1.29 bits per heavy atom. The topological polar surface area (TPSA) is 55.1 Å². The Balaban J connectivity index is 2.09. The molecule has 0 spiro atoms. The molecule has 1 N–H and O–H groups in total. The molecule has 4 nitrogen and oxygen atoms in total. The fraction of sp³-hybridized carbons (Fsp3) is 0.412. The smallest absolute Gasteiger partial charge is 0.339 e. The Labute approximate surface area is 124 Å². The lowest BCUT2D eigenvalue weighted by molar-refractivity contribution is 0.0697. The zero-order valence-corrected chi connectivity index (χ0v) is 12.6. The van der Waals surface area contributed by atoms with Crippen molar-refractivity contribution in [2.45, 2.75) is 39.7 Å². The Kier molecular flexibility index (Phi) is 3.32. The lowest BCUT2D eigenvalue weighted by Gasteiger charge is -2.10. The van der Waals surface area contributed by atoms with E-state index in [-0.39, 0.29) is 11.6 Å². The average molecular weight is 284 g/mol. The summed E-state index contributed by atoms with van der Waals surface area (Å²) in [5.41, 5.74) is 3.97. The molecule has 1 fully saturated rings. The number of aromatic carboxylic acids is 1. The van der Waals surface area contributed by atoms with Gasteiger partial charge in [0.15, 0.2) is 0 Å². The first-order valence-corrected chi connectivity index (χ1v) is 7.37. The van der Waals surface area contributed by atoms with Crippen molar-refractivity contribution in [3.05, 3.63) is 41.1 Å². The fourth-order valence-electron chi connectivity index (χ4n) is 2.88. The van der Waals surface area contributed by atoms with E-state index in [4.69, 9.17) is 0 Å². The summed E-state index contributed by atoms with van der Waals surface area (Å²) >= 11 is 0. The first kappa shape index (κ1) is 13.9. The summed E-state index contributed by atoms with van der Waals surface area (Å²) in [6, 6.07) is 6.33. The number of carboxylic acids is 1. The van der Waals surface area contributed by atoms with Gasteiger partial charge in [0.25, 0.3) is 0 Å². The van der Waals surface area contributed by atoms with E-state index in [2.05, 4.69) is 18.1 Å². The van der Waals surface area contributed by atoms with Crippen LogP contribution in [0.3, 0.4) is 0 Å². The highest BCUT2D eigenvalue weighted by atomic mass is 16.4. The zero-order chi connectivity index (χ0) is 15.1. The van der Waals surface area contributed by atoms with Crippen molar-refractivity contribution in [2.75, 3.05) is 0 Å². The number of hydrogen-bond donors (Lipinski definition) is 1. The van der Waals surface area contributed by atoms with Gasteiger partial charge >= 0.3 is 5.97 Å². The van der Waals surface area contributed by atoms with E-state index in [0.29, 0.717) is 11.6 Å². The lowest BCUT2D eigenvalue weighted by Crippen LogP contribution is -2.07. The molecule has 0 bridgehead atoms. The molecule has 1 aromatic carbocycles. The van der Waals surface area contributed by atoms with Crippen molar-refractivity contribution in [3.8, 4) is 11.3 Å². The second kappa shape index (κ2) is 5.02. The van der Waals surface area contributed by atoms with Crippen LogP contribution in [-0.2, 0) is 0 Å². The Morgan fingerprint density at radius 2 is 1.90 bits per heavy atom. The van der Waals surface area contributed by atoms with Gasteiger partial charge in [0.2, 0.25) is 0 Å². The number of aryl methyl sites for hydroxylation is 2. The summed E-state index contributed by atoms with van der Waals surface area (Å²) in [7, 11) is 0. The van der Waals surface area contributed by atoms with Gasteiger partial charge in [-0.05, 0) is 51.7 Å². The second-order valence-corrected chi connectivity index (χ2v) is 6.13. The third kappa shape index (κ3) is 2.71. The molecule has 3 rings (SSSR count). The summed E-state index contributed by atoms with van der Waals surface area (Å²) < 4.78 is 1.83. The van der Waals surface area contributed by atoms with E-state index in [9.17, 15) is 9.90 Å². The first-order valence-electron chi connectivity index (χ1n) is 7.37. The SMILES string of the molecule is Cc1cc(C)cc(-c2nn(C(C)C3CC3)cc2C(=O)O)c1. The molecule has 1 atom stereocenters. The summed E-state index contributed by atoms with van der Waals surface area (Å²) in [6.45, 7) is 6.14. The van der Waals surface area contributed by atoms with Crippen LogP contribution in [0.4, 0.5) is 0 Å². The average Bonchev–Trinajstić information content (AvgIpc) is 3.14. The summed E-state index contributed by atoms with van der Waals surface area (Å²) in [6.07, 6.45) is 4.10. The predicted octanol–water partition coefficient (Wildman–Crippen LogP) is 3.84. The monoisotopic (exact) mass is 284 g/mol. The highest BCUT2D eigenvalue weighted by molar-refractivity contribution is 5.94. The molecule has 0 amide bonds. The van der Waals surface area contributed by atoms with E-state index >= 15 is 0 Å². The maximum absolute atomic E-state index is 11.5. The molecule has 0 aliphatic heterocycles. The van der Waals surface area contributed by atoms with Crippen molar-refractivity contribution < 1.29 is 9.90 Å². The van der Waals surface area contributed by atoms with Gasteiger partial charge in [0.1, 0.15) is 11.3 Å². The van der Waals surface area contributed by atoms with Crippen LogP contribution in [0.5, 0.6) is 0 Å². The second-order valence-electron chi connectivity index (χ2n) is 6.13. The van der Waals surface area contributed by atoms with Gasteiger partial charge in [-0.3, -0.25) is 4.68 Å². The van der Waals surface area contributed by atoms with Gasteiger partial charge in [-0.25, -0.2) is 4.79 Å². The third-order valence-corrected chi connectivity index (χ3v) is 4.18. The van der Waals surface area contributed by atoms with Gasteiger partial charge in [0.05, 0.1) is 6.04 Å². The van der Waals surface area contributed by atoms with E-state index in [1.165, 1.54) is 12.8 Å². The van der Waals surface area contributed by atoms with E-state index < -0.39 is 5.97 Å². The van der Waals surface area contributed by atoms with E-state index in [1.54, 1.807) is 6.20 Å². The molecule has 21 heavy (non-hydrogen) atoms. The fourth-order valence-corrected chi connectivity index (χ4v) is 2.88. The minimum absolute atomic E-state index is 0.266. The zero-order valence-electron chi connectivity index (χ0n) is 12.6. The number of carbonyl (C=O) groups is 1. The Morgan fingerprint density at radius 3 is 2.43 bits per heavy atom. The summed E-state index contributed by atoms with van der Waals surface area (Å²) in [4.78, 5) is 11.5. The molecule has 1 saturated carbocycles. The number of rotatable bonds is 4. The van der Waals surface area contributed by atoms with E-state index in [1.807, 2.05) is 30.7 Å².